The molecule has 0 aromatic rings. The largest absolute Gasteiger partial charge is 0.465 e. The summed E-state index contributed by atoms with van der Waals surface area (Å²) >= 11 is 0. The van der Waals surface area contributed by atoms with E-state index in [0.717, 1.165) is 0 Å². The second kappa shape index (κ2) is 5.25. The zero-order chi connectivity index (χ0) is 13.8. The SMILES string of the molecule is C#CCNC(=O)C1(NC(=O)O)COC(C)(C)OC1. The van der Waals surface area contributed by atoms with Crippen molar-refractivity contribution >= 4 is 12.0 Å². The van der Waals surface area contributed by atoms with Gasteiger partial charge in [0.1, 0.15) is 0 Å². The number of hydrogen-bond acceptors (Lipinski definition) is 4. The normalized spacial score (nSPS) is 20.5. The van der Waals surface area contributed by atoms with E-state index in [4.69, 9.17) is 21.0 Å². The summed E-state index contributed by atoms with van der Waals surface area (Å²) in [5.41, 5.74) is -1.47. The molecule has 0 radical (unpaired) electrons. The van der Waals surface area contributed by atoms with Crippen molar-refractivity contribution in [3.63, 3.8) is 0 Å². The van der Waals surface area contributed by atoms with Crippen molar-refractivity contribution in [3.05, 3.63) is 0 Å². The first-order valence-electron chi connectivity index (χ1n) is 5.32. The van der Waals surface area contributed by atoms with Crippen LogP contribution in [0.1, 0.15) is 13.8 Å². The van der Waals surface area contributed by atoms with E-state index in [1.807, 2.05) is 0 Å². The minimum absolute atomic E-state index is 0.00523. The summed E-state index contributed by atoms with van der Waals surface area (Å²) in [6.45, 7) is 3.12. The number of ether oxygens (including phenoxy) is 2. The quantitative estimate of drug-likeness (QED) is 0.593. The number of terminal acetylenes is 1. The molecule has 0 saturated carbocycles. The molecular formula is C11H16N2O5. The molecule has 0 aliphatic carbocycles. The number of carboxylic acid groups (broad SMARTS) is 1. The van der Waals surface area contributed by atoms with E-state index in [2.05, 4.69) is 16.6 Å². The number of carbonyl (C=O) groups excluding carboxylic acids is 1. The fourth-order valence-electron chi connectivity index (χ4n) is 1.44. The zero-order valence-corrected chi connectivity index (χ0v) is 10.3. The summed E-state index contributed by atoms with van der Waals surface area (Å²) in [5, 5.41) is 13.3. The van der Waals surface area contributed by atoms with Gasteiger partial charge in [-0.15, -0.1) is 6.42 Å². The second-order valence-electron chi connectivity index (χ2n) is 4.38. The van der Waals surface area contributed by atoms with Gasteiger partial charge in [0.05, 0.1) is 19.8 Å². The molecule has 7 nitrogen and oxygen atoms in total. The maximum Gasteiger partial charge on any atom is 0.405 e. The van der Waals surface area contributed by atoms with Gasteiger partial charge in [0, 0.05) is 0 Å². The molecule has 1 rings (SSSR count). The molecule has 0 atom stereocenters. The molecule has 7 heteroatoms. The van der Waals surface area contributed by atoms with Crippen LogP contribution in [0, 0.1) is 12.3 Å². The predicted molar refractivity (Wildman–Crippen MR) is 61.7 cm³/mol. The Hall–Kier alpha value is -1.78. The number of hydrogen-bond donors (Lipinski definition) is 3. The van der Waals surface area contributed by atoms with Crippen molar-refractivity contribution in [3.8, 4) is 12.3 Å². The molecule has 1 saturated heterocycles. The summed E-state index contributed by atoms with van der Waals surface area (Å²) in [7, 11) is 0. The maximum atomic E-state index is 11.9. The Morgan fingerprint density at radius 1 is 1.39 bits per heavy atom. The summed E-state index contributed by atoms with van der Waals surface area (Å²) in [4.78, 5) is 22.7. The number of rotatable bonds is 3. The van der Waals surface area contributed by atoms with Crippen molar-refractivity contribution in [2.24, 2.45) is 0 Å². The molecule has 100 valence electrons. The van der Waals surface area contributed by atoms with Gasteiger partial charge in [0.25, 0.3) is 5.91 Å². The van der Waals surface area contributed by atoms with Crippen LogP contribution in [0.4, 0.5) is 4.79 Å². The Kier molecular flexibility index (Phi) is 4.16. The van der Waals surface area contributed by atoms with Crippen LogP contribution in [0.3, 0.4) is 0 Å². The molecule has 0 spiro atoms. The van der Waals surface area contributed by atoms with Gasteiger partial charge in [-0.2, -0.15) is 0 Å². The van der Waals surface area contributed by atoms with Crippen LogP contribution in [-0.4, -0.2) is 48.2 Å². The smallest absolute Gasteiger partial charge is 0.405 e. The van der Waals surface area contributed by atoms with Crippen LogP contribution in [0.2, 0.25) is 0 Å². The van der Waals surface area contributed by atoms with Crippen molar-refractivity contribution in [1.82, 2.24) is 10.6 Å². The molecule has 3 N–H and O–H groups in total. The highest BCUT2D eigenvalue weighted by Gasteiger charge is 2.47. The van der Waals surface area contributed by atoms with Gasteiger partial charge < -0.3 is 25.2 Å². The number of amides is 2. The Morgan fingerprint density at radius 3 is 2.39 bits per heavy atom. The molecule has 0 bridgehead atoms. The highest BCUT2D eigenvalue weighted by Crippen LogP contribution is 2.23. The van der Waals surface area contributed by atoms with Gasteiger partial charge in [0.15, 0.2) is 11.3 Å². The highest BCUT2D eigenvalue weighted by atomic mass is 16.7. The first-order valence-corrected chi connectivity index (χ1v) is 5.32. The van der Waals surface area contributed by atoms with Crippen molar-refractivity contribution in [2.45, 2.75) is 25.2 Å². The first kappa shape index (κ1) is 14.3. The van der Waals surface area contributed by atoms with Crippen LogP contribution in [0.5, 0.6) is 0 Å². The van der Waals surface area contributed by atoms with E-state index in [9.17, 15) is 9.59 Å². The standard InChI is InChI=1S/C11H16N2O5/c1-4-5-12-8(14)11(13-9(15)16)6-17-10(2,3)18-7-11/h1,13H,5-7H2,2-3H3,(H,12,14)(H,15,16). The first-order chi connectivity index (χ1) is 8.31. The topological polar surface area (TPSA) is 96.9 Å². The number of carbonyl (C=O) groups is 2. The van der Waals surface area contributed by atoms with Gasteiger partial charge in [-0.3, -0.25) is 4.79 Å². The predicted octanol–water partition coefficient (Wildman–Crippen LogP) is -0.475. The van der Waals surface area contributed by atoms with Crippen LogP contribution in [0.15, 0.2) is 0 Å². The highest BCUT2D eigenvalue weighted by molar-refractivity contribution is 5.90. The molecule has 2 amide bonds. The van der Waals surface area contributed by atoms with Gasteiger partial charge in [-0.05, 0) is 13.8 Å². The van der Waals surface area contributed by atoms with E-state index in [1.165, 1.54) is 0 Å². The molecule has 1 heterocycles. The van der Waals surface area contributed by atoms with Gasteiger partial charge >= 0.3 is 6.09 Å². The summed E-state index contributed by atoms with van der Waals surface area (Å²) in [5.74, 6) is 0.814. The molecule has 1 aliphatic heterocycles. The lowest BCUT2D eigenvalue weighted by molar-refractivity contribution is -0.266. The summed E-state index contributed by atoms with van der Waals surface area (Å²) in [6, 6.07) is 0. The monoisotopic (exact) mass is 256 g/mol. The van der Waals surface area contributed by atoms with Crippen LogP contribution in [-0.2, 0) is 14.3 Å². The third-order valence-corrected chi connectivity index (χ3v) is 2.46. The van der Waals surface area contributed by atoms with E-state index < -0.39 is 23.3 Å². The van der Waals surface area contributed by atoms with E-state index in [0.29, 0.717) is 0 Å². The Balaban J connectivity index is 2.81. The molecule has 0 aromatic carbocycles. The second-order valence-corrected chi connectivity index (χ2v) is 4.38. The minimum atomic E-state index is -1.47. The third kappa shape index (κ3) is 3.35. The van der Waals surface area contributed by atoms with E-state index in [-0.39, 0.29) is 19.8 Å². The lowest BCUT2D eigenvalue weighted by Gasteiger charge is -2.41. The van der Waals surface area contributed by atoms with Gasteiger partial charge in [0.2, 0.25) is 0 Å². The van der Waals surface area contributed by atoms with Crippen molar-refractivity contribution < 1.29 is 24.2 Å². The number of nitrogens with one attached hydrogen (secondary N) is 2. The minimum Gasteiger partial charge on any atom is -0.465 e. The third-order valence-electron chi connectivity index (χ3n) is 2.46. The zero-order valence-electron chi connectivity index (χ0n) is 10.3. The molecule has 0 unspecified atom stereocenters. The Morgan fingerprint density at radius 2 is 1.94 bits per heavy atom. The van der Waals surface area contributed by atoms with Crippen LogP contribution in [0.25, 0.3) is 0 Å². The van der Waals surface area contributed by atoms with Gasteiger partial charge in [-0.25, -0.2) is 4.79 Å². The van der Waals surface area contributed by atoms with E-state index in [1.54, 1.807) is 13.8 Å². The fraction of sp³-hybridized carbons (Fsp3) is 0.636. The Labute approximate surface area is 105 Å². The average molecular weight is 256 g/mol. The molecular weight excluding hydrogens is 240 g/mol. The molecule has 0 aromatic heterocycles. The lowest BCUT2D eigenvalue weighted by Crippen LogP contribution is -2.68. The van der Waals surface area contributed by atoms with Crippen LogP contribution < -0.4 is 10.6 Å². The maximum absolute atomic E-state index is 11.9. The molecule has 18 heavy (non-hydrogen) atoms. The lowest BCUT2D eigenvalue weighted by atomic mass is 9.99. The molecule has 1 fully saturated rings. The van der Waals surface area contributed by atoms with Crippen molar-refractivity contribution in [1.29, 1.82) is 0 Å². The average Bonchev–Trinajstić information content (AvgIpc) is 2.28. The van der Waals surface area contributed by atoms with Crippen LogP contribution >= 0.6 is 0 Å². The summed E-state index contributed by atoms with van der Waals surface area (Å²) < 4.78 is 10.6. The fourth-order valence-corrected chi connectivity index (χ4v) is 1.44. The summed E-state index contributed by atoms with van der Waals surface area (Å²) in [6.07, 6.45) is 3.69. The van der Waals surface area contributed by atoms with E-state index >= 15 is 0 Å². The van der Waals surface area contributed by atoms with Gasteiger partial charge in [-0.1, -0.05) is 5.92 Å². The Bertz CT molecular complexity index is 375. The van der Waals surface area contributed by atoms with Crippen molar-refractivity contribution in [2.75, 3.05) is 19.8 Å². The molecule has 1 aliphatic rings.